The number of H-pyrrole nitrogens is 1. The van der Waals surface area contributed by atoms with Crippen molar-refractivity contribution in [2.75, 3.05) is 6.54 Å². The summed E-state index contributed by atoms with van der Waals surface area (Å²) in [6.07, 6.45) is 5.12. The van der Waals surface area contributed by atoms with Gasteiger partial charge in [-0.25, -0.2) is 0 Å². The SMILES string of the molecule is CC(C)C=NCCc1c[nH]c2ccccc12. The third-order valence-electron chi connectivity index (χ3n) is 2.59. The molecule has 0 amide bonds. The second kappa shape index (κ2) is 4.97. The van der Waals surface area contributed by atoms with Crippen LogP contribution in [0, 0.1) is 5.92 Å². The summed E-state index contributed by atoms with van der Waals surface area (Å²) in [4.78, 5) is 7.70. The molecule has 2 aromatic rings. The zero-order valence-electron chi connectivity index (χ0n) is 9.90. The molecule has 0 saturated carbocycles. The number of hydrogen-bond donors (Lipinski definition) is 1. The quantitative estimate of drug-likeness (QED) is 0.755. The first-order valence-electron chi connectivity index (χ1n) is 5.82. The van der Waals surface area contributed by atoms with E-state index in [2.05, 4.69) is 54.3 Å². The first-order chi connectivity index (χ1) is 7.77. The molecule has 0 radical (unpaired) electrons. The van der Waals surface area contributed by atoms with Gasteiger partial charge >= 0.3 is 0 Å². The maximum Gasteiger partial charge on any atom is 0.0456 e. The van der Waals surface area contributed by atoms with Crippen molar-refractivity contribution in [2.24, 2.45) is 10.9 Å². The lowest BCUT2D eigenvalue weighted by atomic mass is 10.1. The molecule has 2 nitrogen and oxygen atoms in total. The van der Waals surface area contributed by atoms with Crippen LogP contribution < -0.4 is 0 Å². The Morgan fingerprint density at radius 3 is 2.94 bits per heavy atom. The van der Waals surface area contributed by atoms with E-state index in [0.29, 0.717) is 5.92 Å². The number of rotatable bonds is 4. The van der Waals surface area contributed by atoms with Gasteiger partial charge in [0.1, 0.15) is 0 Å². The Balaban J connectivity index is 2.05. The Morgan fingerprint density at radius 1 is 1.31 bits per heavy atom. The van der Waals surface area contributed by atoms with Crippen molar-refractivity contribution in [1.29, 1.82) is 0 Å². The van der Waals surface area contributed by atoms with Crippen LogP contribution in [0.5, 0.6) is 0 Å². The predicted octanol–water partition coefficient (Wildman–Crippen LogP) is 3.44. The van der Waals surface area contributed by atoms with Crippen LogP contribution in [0.4, 0.5) is 0 Å². The normalized spacial score (nSPS) is 11.9. The van der Waals surface area contributed by atoms with Gasteiger partial charge in [0.05, 0.1) is 0 Å². The lowest BCUT2D eigenvalue weighted by Crippen LogP contribution is -1.92. The van der Waals surface area contributed by atoms with E-state index < -0.39 is 0 Å². The highest BCUT2D eigenvalue weighted by Crippen LogP contribution is 2.17. The van der Waals surface area contributed by atoms with Crippen molar-refractivity contribution in [3.63, 3.8) is 0 Å². The van der Waals surface area contributed by atoms with Gasteiger partial charge < -0.3 is 4.98 Å². The first-order valence-corrected chi connectivity index (χ1v) is 5.82. The minimum Gasteiger partial charge on any atom is -0.361 e. The van der Waals surface area contributed by atoms with Gasteiger partial charge in [0.25, 0.3) is 0 Å². The van der Waals surface area contributed by atoms with Crippen molar-refractivity contribution in [2.45, 2.75) is 20.3 Å². The van der Waals surface area contributed by atoms with Gasteiger partial charge in [-0.15, -0.1) is 0 Å². The molecule has 84 valence electrons. The predicted molar refractivity (Wildman–Crippen MR) is 70.2 cm³/mol. The largest absolute Gasteiger partial charge is 0.361 e. The van der Waals surface area contributed by atoms with Crippen LogP contribution in [0.15, 0.2) is 35.5 Å². The zero-order valence-corrected chi connectivity index (χ0v) is 9.90. The van der Waals surface area contributed by atoms with Gasteiger partial charge in [-0.3, -0.25) is 4.99 Å². The number of aromatic amines is 1. The molecule has 1 N–H and O–H groups in total. The summed E-state index contributed by atoms with van der Waals surface area (Å²) in [5, 5.41) is 1.32. The maximum absolute atomic E-state index is 4.41. The lowest BCUT2D eigenvalue weighted by molar-refractivity contribution is 0.884. The number of fused-ring (bicyclic) bond motifs is 1. The van der Waals surface area contributed by atoms with Gasteiger partial charge in [-0.1, -0.05) is 32.0 Å². The second-order valence-corrected chi connectivity index (χ2v) is 4.41. The number of para-hydroxylation sites is 1. The Labute approximate surface area is 96.4 Å². The molecule has 0 saturated heterocycles. The average molecular weight is 214 g/mol. The van der Waals surface area contributed by atoms with E-state index in [4.69, 9.17) is 0 Å². The van der Waals surface area contributed by atoms with E-state index in [1.165, 1.54) is 16.5 Å². The van der Waals surface area contributed by atoms with Crippen LogP contribution in [0.3, 0.4) is 0 Å². The molecule has 0 spiro atoms. The number of aliphatic imine (C=N–C) groups is 1. The molecule has 2 heteroatoms. The minimum atomic E-state index is 0.544. The van der Waals surface area contributed by atoms with Crippen molar-refractivity contribution < 1.29 is 0 Å². The van der Waals surface area contributed by atoms with Crippen LogP contribution in [0.25, 0.3) is 10.9 Å². The van der Waals surface area contributed by atoms with E-state index in [1.54, 1.807) is 0 Å². The molecule has 0 aliphatic rings. The molecule has 0 fully saturated rings. The van der Waals surface area contributed by atoms with Crippen molar-refractivity contribution in [3.05, 3.63) is 36.0 Å². The fraction of sp³-hybridized carbons (Fsp3) is 0.357. The highest BCUT2D eigenvalue weighted by atomic mass is 14.7. The fourth-order valence-electron chi connectivity index (χ4n) is 1.81. The summed E-state index contributed by atoms with van der Waals surface area (Å²) in [5.41, 5.74) is 2.57. The van der Waals surface area contributed by atoms with Gasteiger partial charge in [0, 0.05) is 29.9 Å². The van der Waals surface area contributed by atoms with E-state index in [-0.39, 0.29) is 0 Å². The molecule has 0 aliphatic carbocycles. The van der Waals surface area contributed by atoms with Crippen molar-refractivity contribution >= 4 is 17.1 Å². The molecular formula is C14H18N2. The summed E-state index contributed by atoms with van der Waals surface area (Å²) in [5.74, 6) is 0.544. The number of nitrogens with zero attached hydrogens (tertiary/aromatic N) is 1. The van der Waals surface area contributed by atoms with Crippen molar-refractivity contribution in [1.82, 2.24) is 4.98 Å². The molecule has 0 bridgehead atoms. The molecule has 0 aliphatic heterocycles. The monoisotopic (exact) mass is 214 g/mol. The number of nitrogens with one attached hydrogen (secondary N) is 1. The van der Waals surface area contributed by atoms with E-state index in [9.17, 15) is 0 Å². The fourth-order valence-corrected chi connectivity index (χ4v) is 1.81. The van der Waals surface area contributed by atoms with Crippen LogP contribution in [0.1, 0.15) is 19.4 Å². The minimum absolute atomic E-state index is 0.544. The lowest BCUT2D eigenvalue weighted by Gasteiger charge is -1.97. The Morgan fingerprint density at radius 2 is 2.12 bits per heavy atom. The van der Waals surface area contributed by atoms with Crippen molar-refractivity contribution in [3.8, 4) is 0 Å². The molecule has 1 aromatic carbocycles. The Hall–Kier alpha value is -1.57. The Bertz CT molecular complexity index is 480. The summed E-state index contributed by atoms with van der Waals surface area (Å²) < 4.78 is 0. The zero-order chi connectivity index (χ0) is 11.4. The standard InChI is InChI=1S/C14H18N2/c1-11(2)9-15-8-7-12-10-16-14-6-4-3-5-13(12)14/h3-6,9-11,16H,7-8H2,1-2H3. The summed E-state index contributed by atoms with van der Waals surface area (Å²) in [6.45, 7) is 5.17. The van der Waals surface area contributed by atoms with Gasteiger partial charge in [-0.2, -0.15) is 0 Å². The smallest absolute Gasteiger partial charge is 0.0456 e. The van der Waals surface area contributed by atoms with Crippen LogP contribution in [0.2, 0.25) is 0 Å². The van der Waals surface area contributed by atoms with E-state index >= 15 is 0 Å². The number of aromatic nitrogens is 1. The van der Waals surface area contributed by atoms with E-state index in [1.807, 2.05) is 6.21 Å². The second-order valence-electron chi connectivity index (χ2n) is 4.41. The third-order valence-corrected chi connectivity index (χ3v) is 2.59. The highest BCUT2D eigenvalue weighted by Gasteiger charge is 2.01. The third kappa shape index (κ3) is 2.51. The van der Waals surface area contributed by atoms with Gasteiger partial charge in [0.2, 0.25) is 0 Å². The van der Waals surface area contributed by atoms with Crippen LogP contribution in [-0.2, 0) is 6.42 Å². The molecule has 0 unspecified atom stereocenters. The maximum atomic E-state index is 4.41. The molecule has 2 rings (SSSR count). The average Bonchev–Trinajstić information content (AvgIpc) is 2.68. The number of benzene rings is 1. The van der Waals surface area contributed by atoms with E-state index in [0.717, 1.165) is 13.0 Å². The molecule has 1 aromatic heterocycles. The first kappa shape index (κ1) is 10.9. The van der Waals surface area contributed by atoms with Gasteiger partial charge in [-0.05, 0) is 24.0 Å². The molecule has 1 heterocycles. The highest BCUT2D eigenvalue weighted by molar-refractivity contribution is 5.83. The molecule has 0 atom stereocenters. The number of hydrogen-bond acceptors (Lipinski definition) is 1. The summed E-state index contributed by atoms with van der Waals surface area (Å²) >= 11 is 0. The van der Waals surface area contributed by atoms with Gasteiger partial charge in [0.15, 0.2) is 0 Å². The summed E-state index contributed by atoms with van der Waals surface area (Å²) in [6, 6.07) is 8.40. The molecular weight excluding hydrogens is 196 g/mol. The topological polar surface area (TPSA) is 28.1 Å². The molecule has 16 heavy (non-hydrogen) atoms. The Kier molecular flexibility index (Phi) is 3.40. The summed E-state index contributed by atoms with van der Waals surface area (Å²) in [7, 11) is 0. The van der Waals surface area contributed by atoms with Crippen LogP contribution in [-0.4, -0.2) is 17.7 Å². The van der Waals surface area contributed by atoms with Crippen LogP contribution >= 0.6 is 0 Å².